The van der Waals surface area contributed by atoms with E-state index in [4.69, 9.17) is 10.5 Å². The van der Waals surface area contributed by atoms with Gasteiger partial charge >= 0.3 is 0 Å². The van der Waals surface area contributed by atoms with Crippen LogP contribution in [0.3, 0.4) is 0 Å². The summed E-state index contributed by atoms with van der Waals surface area (Å²) in [5.74, 6) is 0.772. The SMILES string of the molecule is CCCOc1cncc(C(C)(N)c2cccc(C)c2)c1. The summed E-state index contributed by atoms with van der Waals surface area (Å²) in [6.07, 6.45) is 4.51. The van der Waals surface area contributed by atoms with Gasteiger partial charge in [-0.1, -0.05) is 36.8 Å². The highest BCUT2D eigenvalue weighted by molar-refractivity contribution is 5.39. The van der Waals surface area contributed by atoms with Crippen LogP contribution in [0.2, 0.25) is 0 Å². The first kappa shape index (κ1) is 14.5. The minimum absolute atomic E-state index is 0.579. The molecule has 0 radical (unpaired) electrons. The van der Waals surface area contributed by atoms with Crippen molar-refractivity contribution >= 4 is 0 Å². The van der Waals surface area contributed by atoms with Crippen LogP contribution in [0.5, 0.6) is 5.75 Å². The minimum Gasteiger partial charge on any atom is -0.492 e. The number of nitrogens with zero attached hydrogens (tertiary/aromatic N) is 1. The van der Waals surface area contributed by atoms with Gasteiger partial charge in [0.1, 0.15) is 5.75 Å². The fourth-order valence-corrected chi connectivity index (χ4v) is 2.14. The average molecular weight is 270 g/mol. The van der Waals surface area contributed by atoms with Crippen LogP contribution < -0.4 is 10.5 Å². The van der Waals surface area contributed by atoms with Crippen LogP contribution >= 0.6 is 0 Å². The maximum atomic E-state index is 6.53. The molecule has 3 nitrogen and oxygen atoms in total. The fourth-order valence-electron chi connectivity index (χ4n) is 2.14. The van der Waals surface area contributed by atoms with Crippen molar-refractivity contribution < 1.29 is 4.74 Å². The minimum atomic E-state index is -0.579. The van der Waals surface area contributed by atoms with Crippen molar-refractivity contribution in [3.05, 3.63) is 59.4 Å². The fraction of sp³-hybridized carbons (Fsp3) is 0.353. The lowest BCUT2D eigenvalue weighted by Gasteiger charge is -2.26. The van der Waals surface area contributed by atoms with Gasteiger partial charge in [-0.05, 0) is 37.5 Å². The molecule has 106 valence electrons. The quantitative estimate of drug-likeness (QED) is 0.905. The zero-order valence-corrected chi connectivity index (χ0v) is 12.4. The van der Waals surface area contributed by atoms with Gasteiger partial charge in [-0.15, -0.1) is 0 Å². The van der Waals surface area contributed by atoms with Crippen molar-refractivity contribution in [2.24, 2.45) is 5.73 Å². The Balaban J connectivity index is 2.33. The molecule has 20 heavy (non-hydrogen) atoms. The summed E-state index contributed by atoms with van der Waals surface area (Å²) in [6.45, 7) is 6.84. The molecule has 1 heterocycles. The molecule has 0 aliphatic heterocycles. The van der Waals surface area contributed by atoms with Gasteiger partial charge in [0, 0.05) is 6.20 Å². The topological polar surface area (TPSA) is 48.1 Å². The van der Waals surface area contributed by atoms with Crippen LogP contribution in [-0.4, -0.2) is 11.6 Å². The standard InChI is InChI=1S/C17H22N2O/c1-4-8-20-16-10-15(11-19-12-16)17(3,18)14-7-5-6-13(2)9-14/h5-7,9-12H,4,8,18H2,1-3H3. The first-order valence-corrected chi connectivity index (χ1v) is 6.98. The Bertz CT molecular complexity index is 579. The van der Waals surface area contributed by atoms with Gasteiger partial charge in [0.15, 0.2) is 0 Å². The van der Waals surface area contributed by atoms with E-state index in [2.05, 4.69) is 31.0 Å². The summed E-state index contributed by atoms with van der Waals surface area (Å²) in [5, 5.41) is 0. The van der Waals surface area contributed by atoms with Crippen molar-refractivity contribution in [1.82, 2.24) is 4.98 Å². The van der Waals surface area contributed by atoms with Gasteiger partial charge in [0.25, 0.3) is 0 Å². The number of hydrogen-bond acceptors (Lipinski definition) is 3. The second-order valence-corrected chi connectivity index (χ2v) is 5.33. The second-order valence-electron chi connectivity index (χ2n) is 5.33. The number of ether oxygens (including phenoxy) is 1. The summed E-state index contributed by atoms with van der Waals surface area (Å²) >= 11 is 0. The molecule has 0 amide bonds. The van der Waals surface area contributed by atoms with Gasteiger partial charge in [0.2, 0.25) is 0 Å². The van der Waals surface area contributed by atoms with E-state index in [0.717, 1.165) is 23.3 Å². The normalized spacial score (nSPS) is 13.8. The molecule has 0 aliphatic rings. The molecule has 0 bridgehead atoms. The van der Waals surface area contributed by atoms with Crippen LogP contribution in [-0.2, 0) is 5.54 Å². The number of benzene rings is 1. The van der Waals surface area contributed by atoms with Gasteiger partial charge in [0.05, 0.1) is 18.3 Å². The van der Waals surface area contributed by atoms with Crippen molar-refractivity contribution in [3.63, 3.8) is 0 Å². The lowest BCUT2D eigenvalue weighted by molar-refractivity contribution is 0.315. The molecule has 2 aromatic rings. The molecule has 1 aromatic heterocycles. The third kappa shape index (κ3) is 3.17. The summed E-state index contributed by atoms with van der Waals surface area (Å²) in [5.41, 5.74) is 9.18. The molecule has 3 heteroatoms. The number of nitrogens with two attached hydrogens (primary N) is 1. The van der Waals surface area contributed by atoms with Crippen LogP contribution in [0.25, 0.3) is 0 Å². The molecule has 2 N–H and O–H groups in total. The van der Waals surface area contributed by atoms with Gasteiger partial charge in [-0.2, -0.15) is 0 Å². The molecular weight excluding hydrogens is 248 g/mol. The molecular formula is C17H22N2O. The average Bonchev–Trinajstić information content (AvgIpc) is 2.45. The Hall–Kier alpha value is -1.87. The first-order chi connectivity index (χ1) is 9.54. The molecule has 1 aromatic carbocycles. The zero-order chi connectivity index (χ0) is 14.6. The Morgan fingerprint density at radius 1 is 1.20 bits per heavy atom. The smallest absolute Gasteiger partial charge is 0.137 e. The number of hydrogen-bond donors (Lipinski definition) is 1. The number of aromatic nitrogens is 1. The number of rotatable bonds is 5. The van der Waals surface area contributed by atoms with Crippen LogP contribution in [0.1, 0.15) is 37.0 Å². The highest BCUT2D eigenvalue weighted by Crippen LogP contribution is 2.28. The van der Waals surface area contributed by atoms with E-state index in [1.165, 1.54) is 5.56 Å². The molecule has 0 fully saturated rings. The van der Waals surface area contributed by atoms with Crippen LogP contribution in [0, 0.1) is 6.92 Å². The Morgan fingerprint density at radius 2 is 2.00 bits per heavy atom. The van der Waals surface area contributed by atoms with E-state index in [1.807, 2.05) is 25.1 Å². The predicted molar refractivity (Wildman–Crippen MR) is 81.8 cm³/mol. The van der Waals surface area contributed by atoms with Crippen molar-refractivity contribution in [2.75, 3.05) is 6.61 Å². The monoisotopic (exact) mass is 270 g/mol. The zero-order valence-electron chi connectivity index (χ0n) is 12.4. The molecule has 0 aliphatic carbocycles. The Kier molecular flexibility index (Phi) is 4.40. The largest absolute Gasteiger partial charge is 0.492 e. The summed E-state index contributed by atoms with van der Waals surface area (Å²) < 4.78 is 5.63. The third-order valence-corrected chi connectivity index (χ3v) is 3.40. The molecule has 0 saturated heterocycles. The number of pyridine rings is 1. The van der Waals surface area contributed by atoms with Crippen molar-refractivity contribution in [1.29, 1.82) is 0 Å². The molecule has 1 unspecified atom stereocenters. The summed E-state index contributed by atoms with van der Waals surface area (Å²) in [7, 11) is 0. The predicted octanol–water partition coefficient (Wildman–Crippen LogP) is 3.40. The van der Waals surface area contributed by atoms with Crippen LogP contribution in [0.15, 0.2) is 42.7 Å². The maximum Gasteiger partial charge on any atom is 0.137 e. The number of aryl methyl sites for hydroxylation is 1. The van der Waals surface area contributed by atoms with E-state index in [-0.39, 0.29) is 0 Å². The van der Waals surface area contributed by atoms with E-state index in [1.54, 1.807) is 12.4 Å². The Labute approximate surface area is 120 Å². The second kappa shape index (κ2) is 6.06. The highest BCUT2D eigenvalue weighted by Gasteiger charge is 2.24. The van der Waals surface area contributed by atoms with Gasteiger partial charge < -0.3 is 10.5 Å². The molecule has 0 saturated carbocycles. The first-order valence-electron chi connectivity index (χ1n) is 6.98. The summed E-state index contributed by atoms with van der Waals surface area (Å²) in [6, 6.07) is 10.2. The van der Waals surface area contributed by atoms with E-state index in [9.17, 15) is 0 Å². The van der Waals surface area contributed by atoms with E-state index in [0.29, 0.717) is 6.61 Å². The highest BCUT2D eigenvalue weighted by atomic mass is 16.5. The van der Waals surface area contributed by atoms with Crippen molar-refractivity contribution in [3.8, 4) is 5.75 Å². The van der Waals surface area contributed by atoms with E-state index < -0.39 is 5.54 Å². The lowest BCUT2D eigenvalue weighted by atomic mass is 9.86. The summed E-state index contributed by atoms with van der Waals surface area (Å²) in [4.78, 5) is 4.25. The Morgan fingerprint density at radius 3 is 2.70 bits per heavy atom. The van der Waals surface area contributed by atoms with Gasteiger partial charge in [-0.3, -0.25) is 4.98 Å². The van der Waals surface area contributed by atoms with Gasteiger partial charge in [-0.25, -0.2) is 0 Å². The van der Waals surface area contributed by atoms with E-state index >= 15 is 0 Å². The molecule has 0 spiro atoms. The van der Waals surface area contributed by atoms with Crippen molar-refractivity contribution in [2.45, 2.75) is 32.7 Å². The third-order valence-electron chi connectivity index (χ3n) is 3.40. The molecule has 1 atom stereocenters. The maximum absolute atomic E-state index is 6.53. The lowest BCUT2D eigenvalue weighted by Crippen LogP contribution is -2.34. The molecule has 2 rings (SSSR count). The van der Waals surface area contributed by atoms with Crippen LogP contribution in [0.4, 0.5) is 0 Å².